The molecule has 2 heterocycles. The molecule has 1 aromatic heterocycles. The maximum absolute atomic E-state index is 8.43. The van der Waals surface area contributed by atoms with Crippen LogP contribution in [0.15, 0.2) is 59.1 Å². The molecule has 130 valence electrons. The van der Waals surface area contributed by atoms with Crippen LogP contribution in [-0.2, 0) is 6.42 Å². The molecule has 25 heavy (non-hydrogen) atoms. The first kappa shape index (κ1) is 17.3. The predicted octanol–water partition coefficient (Wildman–Crippen LogP) is 3.59. The maximum atomic E-state index is 8.43. The van der Waals surface area contributed by atoms with E-state index in [-0.39, 0.29) is 12.4 Å². The number of amidine groups is 1. The quantitative estimate of drug-likeness (QED) is 0.575. The van der Waals surface area contributed by atoms with Crippen LogP contribution in [-0.4, -0.2) is 42.1 Å². The molecule has 1 fully saturated rings. The first-order valence-corrected chi connectivity index (χ1v) is 8.27. The highest BCUT2D eigenvalue weighted by molar-refractivity contribution is 5.87. The molecule has 1 saturated heterocycles. The largest absolute Gasteiger partial charge is 0.368 e. The molecule has 0 amide bonds. The van der Waals surface area contributed by atoms with Crippen LogP contribution in [0.1, 0.15) is 5.69 Å². The van der Waals surface area contributed by atoms with E-state index in [1.165, 1.54) is 5.69 Å². The fourth-order valence-electron chi connectivity index (χ4n) is 3.21. The molecule has 1 N–H and O–H groups in total. The van der Waals surface area contributed by atoms with E-state index >= 15 is 0 Å². The van der Waals surface area contributed by atoms with Crippen LogP contribution < -0.4 is 4.90 Å². The van der Waals surface area contributed by atoms with Crippen molar-refractivity contribution in [1.82, 2.24) is 10.1 Å². The summed E-state index contributed by atoms with van der Waals surface area (Å²) in [7, 11) is 0. The molecule has 1 aliphatic heterocycles. The van der Waals surface area contributed by atoms with Gasteiger partial charge < -0.3 is 14.3 Å². The molecule has 0 saturated carbocycles. The summed E-state index contributed by atoms with van der Waals surface area (Å²) in [5, 5.41) is 13.6. The number of anilines is 1. The van der Waals surface area contributed by atoms with Gasteiger partial charge >= 0.3 is 0 Å². The van der Waals surface area contributed by atoms with Gasteiger partial charge in [-0.25, -0.2) is 0 Å². The molecule has 0 atom stereocenters. The Kier molecular flexibility index (Phi) is 5.24. The lowest BCUT2D eigenvalue weighted by Gasteiger charge is -2.37. The average Bonchev–Trinajstić information content (AvgIpc) is 3.06. The minimum atomic E-state index is 0. The molecule has 0 bridgehead atoms. The Morgan fingerprint density at radius 1 is 0.960 bits per heavy atom. The monoisotopic (exact) mass is 356 g/mol. The number of piperazine rings is 1. The van der Waals surface area contributed by atoms with Gasteiger partial charge in [-0.1, -0.05) is 35.5 Å². The van der Waals surface area contributed by atoms with Crippen molar-refractivity contribution in [3.63, 3.8) is 0 Å². The Hall–Kier alpha value is -2.53. The third-order valence-corrected chi connectivity index (χ3v) is 4.57. The Bertz CT molecular complexity index is 841. The second-order valence-corrected chi connectivity index (χ2v) is 6.06. The van der Waals surface area contributed by atoms with Gasteiger partial charge in [-0.05, 0) is 24.3 Å². The summed E-state index contributed by atoms with van der Waals surface area (Å²) in [4.78, 5) is 4.51. The van der Waals surface area contributed by atoms with Crippen LogP contribution in [0.4, 0.5) is 5.69 Å². The van der Waals surface area contributed by atoms with E-state index in [0.717, 1.165) is 42.8 Å². The molecule has 1 aliphatic rings. The van der Waals surface area contributed by atoms with Gasteiger partial charge in [0.25, 0.3) is 0 Å². The number of fused-ring (bicyclic) bond motifs is 1. The van der Waals surface area contributed by atoms with Crippen LogP contribution in [0.2, 0.25) is 0 Å². The van der Waals surface area contributed by atoms with Crippen molar-refractivity contribution in [2.45, 2.75) is 6.42 Å². The number of hydrogen-bond donors (Lipinski definition) is 1. The second kappa shape index (κ2) is 7.57. The zero-order valence-corrected chi connectivity index (χ0v) is 14.7. The number of para-hydroxylation sites is 2. The lowest BCUT2D eigenvalue weighted by Crippen LogP contribution is -2.49. The number of hydrogen-bond acceptors (Lipinski definition) is 4. The van der Waals surface area contributed by atoms with Gasteiger partial charge in [0, 0.05) is 37.3 Å². The molecular weight excluding hydrogens is 336 g/mol. The third-order valence-electron chi connectivity index (χ3n) is 4.57. The molecule has 5 nitrogen and oxygen atoms in total. The fourth-order valence-corrected chi connectivity index (χ4v) is 3.21. The van der Waals surface area contributed by atoms with Crippen LogP contribution in [0.3, 0.4) is 0 Å². The van der Waals surface area contributed by atoms with Gasteiger partial charge in [-0.2, -0.15) is 0 Å². The predicted molar refractivity (Wildman–Crippen MR) is 103 cm³/mol. The van der Waals surface area contributed by atoms with E-state index in [1.54, 1.807) is 0 Å². The first-order valence-electron chi connectivity index (χ1n) is 8.27. The number of nitrogens with zero attached hydrogens (tertiary/aromatic N) is 3. The van der Waals surface area contributed by atoms with Crippen molar-refractivity contribution in [3.05, 3.63) is 60.3 Å². The minimum absolute atomic E-state index is 0. The molecule has 0 unspecified atom stereocenters. The van der Waals surface area contributed by atoms with Crippen LogP contribution in [0, 0.1) is 5.41 Å². The van der Waals surface area contributed by atoms with Crippen LogP contribution in [0.25, 0.3) is 11.0 Å². The summed E-state index contributed by atoms with van der Waals surface area (Å²) < 4.78 is 5.34. The molecule has 0 radical (unpaired) electrons. The normalized spacial score (nSPS) is 14.4. The van der Waals surface area contributed by atoms with Crippen LogP contribution in [0.5, 0.6) is 0 Å². The minimum Gasteiger partial charge on any atom is -0.368 e. The van der Waals surface area contributed by atoms with Crippen molar-refractivity contribution < 1.29 is 4.52 Å². The van der Waals surface area contributed by atoms with E-state index < -0.39 is 0 Å². The van der Waals surface area contributed by atoms with Crippen molar-refractivity contribution in [2.75, 3.05) is 31.1 Å². The number of aromatic nitrogens is 1. The van der Waals surface area contributed by atoms with E-state index in [9.17, 15) is 0 Å². The summed E-state index contributed by atoms with van der Waals surface area (Å²) in [5.74, 6) is 0.613. The highest BCUT2D eigenvalue weighted by atomic mass is 35.5. The lowest BCUT2D eigenvalue weighted by molar-refractivity contribution is 0.377. The molecule has 2 aromatic carbocycles. The lowest BCUT2D eigenvalue weighted by atomic mass is 10.1. The average molecular weight is 357 g/mol. The van der Waals surface area contributed by atoms with Gasteiger partial charge in [0.1, 0.15) is 5.84 Å². The number of benzene rings is 2. The second-order valence-electron chi connectivity index (χ2n) is 6.06. The standard InChI is InChI=1S/C19H20N4O.ClH/c20-19(14-17-16-8-4-5-9-18(16)24-21-17)23-12-10-22(11-13-23)15-6-2-1-3-7-15;/h1-9,20H,10-14H2;1H. The SMILES string of the molecule is Cl.N=C(Cc1noc2ccccc12)N1CCN(c2ccccc2)CC1. The molecule has 0 spiro atoms. The van der Waals surface area contributed by atoms with Gasteiger partial charge in [0.15, 0.2) is 5.58 Å². The topological polar surface area (TPSA) is 56.4 Å². The Labute approximate surface area is 153 Å². The Morgan fingerprint density at radius 3 is 2.40 bits per heavy atom. The zero-order valence-electron chi connectivity index (χ0n) is 13.9. The molecule has 3 aromatic rings. The number of halogens is 1. The third kappa shape index (κ3) is 3.61. The van der Waals surface area contributed by atoms with Crippen LogP contribution >= 0.6 is 12.4 Å². The Balaban J connectivity index is 0.00000182. The van der Waals surface area contributed by atoms with Crippen molar-refractivity contribution in [1.29, 1.82) is 5.41 Å². The zero-order chi connectivity index (χ0) is 16.4. The number of rotatable bonds is 3. The highest BCUT2D eigenvalue weighted by Crippen LogP contribution is 2.20. The summed E-state index contributed by atoms with van der Waals surface area (Å²) in [6.07, 6.45) is 0.516. The van der Waals surface area contributed by atoms with Gasteiger partial charge in [-0.15, -0.1) is 12.4 Å². The van der Waals surface area contributed by atoms with E-state index in [4.69, 9.17) is 9.93 Å². The van der Waals surface area contributed by atoms with Gasteiger partial charge in [0.05, 0.1) is 12.1 Å². The molecular formula is C19H21ClN4O. The summed E-state index contributed by atoms with van der Waals surface area (Å²) in [6, 6.07) is 18.3. The van der Waals surface area contributed by atoms with Crippen molar-refractivity contribution in [3.8, 4) is 0 Å². The summed E-state index contributed by atoms with van der Waals surface area (Å²) in [6.45, 7) is 3.60. The summed E-state index contributed by atoms with van der Waals surface area (Å²) >= 11 is 0. The maximum Gasteiger partial charge on any atom is 0.167 e. The molecule has 4 rings (SSSR count). The fraction of sp³-hybridized carbons (Fsp3) is 0.263. The molecule has 0 aliphatic carbocycles. The van der Waals surface area contributed by atoms with Gasteiger partial charge in [0.2, 0.25) is 0 Å². The summed E-state index contributed by atoms with van der Waals surface area (Å²) in [5.41, 5.74) is 2.89. The number of nitrogens with one attached hydrogen (secondary N) is 1. The Morgan fingerprint density at radius 2 is 1.64 bits per heavy atom. The van der Waals surface area contributed by atoms with E-state index in [1.807, 2.05) is 30.3 Å². The van der Waals surface area contributed by atoms with Gasteiger partial charge in [-0.3, -0.25) is 5.41 Å². The molecule has 6 heteroatoms. The van der Waals surface area contributed by atoms with E-state index in [0.29, 0.717) is 12.3 Å². The van der Waals surface area contributed by atoms with Crippen molar-refractivity contribution >= 4 is 34.9 Å². The highest BCUT2D eigenvalue weighted by Gasteiger charge is 2.20. The van der Waals surface area contributed by atoms with E-state index in [2.05, 4.69) is 39.2 Å². The smallest absolute Gasteiger partial charge is 0.167 e. The first-order chi connectivity index (χ1) is 11.8. The van der Waals surface area contributed by atoms with Crippen molar-refractivity contribution in [2.24, 2.45) is 0 Å².